The fraction of sp³-hybridized carbons (Fsp3) is 0.455. The molecule has 0 saturated carbocycles. The third-order valence-electron chi connectivity index (χ3n) is 2.43. The molecule has 0 aliphatic rings. The van der Waals surface area contributed by atoms with Crippen molar-refractivity contribution >= 4 is 0 Å². The predicted octanol–water partition coefficient (Wildman–Crippen LogP) is 2.74. The van der Waals surface area contributed by atoms with E-state index in [1.54, 1.807) is 24.3 Å². The lowest BCUT2D eigenvalue weighted by atomic mass is 9.95. The van der Waals surface area contributed by atoms with Gasteiger partial charge in [-0.15, -0.1) is 0 Å². The molecule has 84 valence electrons. The molecule has 0 spiro atoms. The van der Waals surface area contributed by atoms with Crippen LogP contribution in [0.4, 0.5) is 8.78 Å². The second-order valence-corrected chi connectivity index (χ2v) is 3.78. The lowest BCUT2D eigenvalue weighted by Gasteiger charge is -2.24. The summed E-state index contributed by atoms with van der Waals surface area (Å²) < 4.78 is 28.0. The van der Waals surface area contributed by atoms with E-state index in [0.717, 1.165) is 5.56 Å². The SMILES string of the molecule is CNC(C)(C)c1ccc(OC(F)F)cc1. The van der Waals surface area contributed by atoms with Crippen molar-refractivity contribution in [1.29, 1.82) is 0 Å². The number of rotatable bonds is 4. The summed E-state index contributed by atoms with van der Waals surface area (Å²) in [7, 11) is 1.85. The number of hydrogen-bond acceptors (Lipinski definition) is 2. The van der Waals surface area contributed by atoms with Gasteiger partial charge >= 0.3 is 6.61 Å². The molecule has 1 rings (SSSR count). The molecular weight excluding hydrogens is 200 g/mol. The Morgan fingerprint density at radius 3 is 2.13 bits per heavy atom. The second-order valence-electron chi connectivity index (χ2n) is 3.78. The average molecular weight is 215 g/mol. The van der Waals surface area contributed by atoms with Gasteiger partial charge in [-0.05, 0) is 38.6 Å². The standard InChI is InChI=1S/C11H15F2NO/c1-11(2,14-3)8-4-6-9(7-5-8)15-10(12)13/h4-7,10,14H,1-3H3. The summed E-state index contributed by atoms with van der Waals surface area (Å²) in [6, 6.07) is 6.63. The molecule has 0 fully saturated rings. The summed E-state index contributed by atoms with van der Waals surface area (Å²) in [6.45, 7) is 1.25. The Hall–Kier alpha value is -1.16. The van der Waals surface area contributed by atoms with Crippen LogP contribution in [0.15, 0.2) is 24.3 Å². The molecule has 15 heavy (non-hydrogen) atoms. The van der Waals surface area contributed by atoms with Gasteiger partial charge in [-0.25, -0.2) is 0 Å². The van der Waals surface area contributed by atoms with E-state index in [9.17, 15) is 8.78 Å². The molecule has 0 amide bonds. The number of alkyl halides is 2. The quantitative estimate of drug-likeness (QED) is 0.833. The van der Waals surface area contributed by atoms with Gasteiger partial charge in [-0.3, -0.25) is 0 Å². The van der Waals surface area contributed by atoms with Crippen LogP contribution in [-0.2, 0) is 5.54 Å². The minimum absolute atomic E-state index is 0.177. The zero-order valence-corrected chi connectivity index (χ0v) is 9.05. The second kappa shape index (κ2) is 4.57. The first kappa shape index (κ1) is 11.9. The van der Waals surface area contributed by atoms with Crippen LogP contribution >= 0.6 is 0 Å². The topological polar surface area (TPSA) is 21.3 Å². The highest BCUT2D eigenvalue weighted by Crippen LogP contribution is 2.22. The zero-order valence-electron chi connectivity index (χ0n) is 9.05. The van der Waals surface area contributed by atoms with Gasteiger partial charge in [0.1, 0.15) is 5.75 Å². The molecule has 0 bridgehead atoms. The van der Waals surface area contributed by atoms with Crippen LogP contribution in [-0.4, -0.2) is 13.7 Å². The maximum Gasteiger partial charge on any atom is 0.387 e. The summed E-state index contributed by atoms with van der Waals surface area (Å²) in [4.78, 5) is 0. The van der Waals surface area contributed by atoms with Crippen molar-refractivity contribution in [2.24, 2.45) is 0 Å². The number of benzene rings is 1. The summed E-state index contributed by atoms with van der Waals surface area (Å²) in [6.07, 6.45) is 0. The molecule has 0 heterocycles. The Morgan fingerprint density at radius 2 is 1.73 bits per heavy atom. The maximum atomic E-state index is 11.9. The number of nitrogens with one attached hydrogen (secondary N) is 1. The highest BCUT2D eigenvalue weighted by atomic mass is 19.3. The van der Waals surface area contributed by atoms with Crippen molar-refractivity contribution in [2.45, 2.75) is 26.0 Å². The van der Waals surface area contributed by atoms with E-state index in [-0.39, 0.29) is 11.3 Å². The summed E-state index contributed by atoms with van der Waals surface area (Å²) in [5.41, 5.74) is 0.843. The van der Waals surface area contributed by atoms with Crippen molar-refractivity contribution in [3.63, 3.8) is 0 Å². The fourth-order valence-corrected chi connectivity index (χ4v) is 1.20. The zero-order chi connectivity index (χ0) is 11.5. The van der Waals surface area contributed by atoms with Crippen LogP contribution in [0.3, 0.4) is 0 Å². The molecule has 0 atom stereocenters. The first-order valence-electron chi connectivity index (χ1n) is 4.70. The first-order chi connectivity index (χ1) is 6.95. The molecule has 2 nitrogen and oxygen atoms in total. The molecule has 0 saturated heterocycles. The summed E-state index contributed by atoms with van der Waals surface area (Å²) in [5, 5.41) is 3.13. The van der Waals surface area contributed by atoms with E-state index < -0.39 is 6.61 Å². The van der Waals surface area contributed by atoms with E-state index in [1.165, 1.54) is 0 Å². The highest BCUT2D eigenvalue weighted by Gasteiger charge is 2.17. The minimum atomic E-state index is -2.77. The molecule has 1 aromatic rings. The number of hydrogen-bond donors (Lipinski definition) is 1. The monoisotopic (exact) mass is 215 g/mol. The lowest BCUT2D eigenvalue weighted by molar-refractivity contribution is -0.0498. The van der Waals surface area contributed by atoms with Crippen molar-refractivity contribution in [3.05, 3.63) is 29.8 Å². The van der Waals surface area contributed by atoms with Crippen LogP contribution in [0, 0.1) is 0 Å². The van der Waals surface area contributed by atoms with Gasteiger partial charge in [0.25, 0.3) is 0 Å². The fourth-order valence-electron chi connectivity index (χ4n) is 1.20. The Kier molecular flexibility index (Phi) is 3.63. The van der Waals surface area contributed by atoms with Gasteiger partial charge in [0.15, 0.2) is 0 Å². The van der Waals surface area contributed by atoms with Crippen molar-refractivity contribution in [2.75, 3.05) is 7.05 Å². The summed E-state index contributed by atoms with van der Waals surface area (Å²) in [5.74, 6) is 0.181. The average Bonchev–Trinajstić information content (AvgIpc) is 2.18. The Morgan fingerprint density at radius 1 is 1.20 bits per heavy atom. The van der Waals surface area contributed by atoms with Gasteiger partial charge in [-0.2, -0.15) is 8.78 Å². The van der Waals surface area contributed by atoms with Crippen LogP contribution < -0.4 is 10.1 Å². The number of halogens is 2. The van der Waals surface area contributed by atoms with Gasteiger partial charge in [-0.1, -0.05) is 12.1 Å². The van der Waals surface area contributed by atoms with Gasteiger partial charge in [0.2, 0.25) is 0 Å². The van der Waals surface area contributed by atoms with Gasteiger partial charge < -0.3 is 10.1 Å². The van der Waals surface area contributed by atoms with Crippen molar-refractivity contribution in [3.8, 4) is 5.75 Å². The van der Waals surface area contributed by atoms with Crippen LogP contribution in [0.25, 0.3) is 0 Å². The van der Waals surface area contributed by atoms with Gasteiger partial charge in [0, 0.05) is 5.54 Å². The molecule has 0 unspecified atom stereocenters. The Balaban J connectivity index is 2.81. The summed E-state index contributed by atoms with van der Waals surface area (Å²) >= 11 is 0. The van der Waals surface area contributed by atoms with E-state index in [1.807, 2.05) is 20.9 Å². The van der Waals surface area contributed by atoms with Crippen molar-refractivity contribution in [1.82, 2.24) is 5.32 Å². The molecule has 0 aliphatic carbocycles. The first-order valence-corrected chi connectivity index (χ1v) is 4.70. The molecule has 0 aromatic heterocycles. The smallest absolute Gasteiger partial charge is 0.387 e. The number of ether oxygens (including phenoxy) is 1. The molecule has 1 N–H and O–H groups in total. The van der Waals surface area contributed by atoms with E-state index in [4.69, 9.17) is 0 Å². The third-order valence-corrected chi connectivity index (χ3v) is 2.43. The van der Waals surface area contributed by atoms with Crippen LogP contribution in [0.5, 0.6) is 5.75 Å². The highest BCUT2D eigenvalue weighted by molar-refractivity contribution is 5.31. The molecule has 1 aromatic carbocycles. The van der Waals surface area contributed by atoms with E-state index in [0.29, 0.717) is 0 Å². The minimum Gasteiger partial charge on any atom is -0.435 e. The third kappa shape index (κ3) is 3.16. The van der Waals surface area contributed by atoms with Gasteiger partial charge in [0.05, 0.1) is 0 Å². The predicted molar refractivity (Wildman–Crippen MR) is 55.2 cm³/mol. The Bertz CT molecular complexity index is 309. The Labute approximate surface area is 88.3 Å². The molecule has 4 heteroatoms. The van der Waals surface area contributed by atoms with Crippen LogP contribution in [0.1, 0.15) is 19.4 Å². The van der Waals surface area contributed by atoms with Crippen LogP contribution in [0.2, 0.25) is 0 Å². The normalized spacial score (nSPS) is 11.9. The lowest BCUT2D eigenvalue weighted by Crippen LogP contribution is -2.32. The van der Waals surface area contributed by atoms with E-state index in [2.05, 4.69) is 10.1 Å². The largest absolute Gasteiger partial charge is 0.435 e. The van der Waals surface area contributed by atoms with E-state index >= 15 is 0 Å². The molecule has 0 aliphatic heterocycles. The van der Waals surface area contributed by atoms with Crippen molar-refractivity contribution < 1.29 is 13.5 Å². The molecule has 0 radical (unpaired) electrons. The maximum absolute atomic E-state index is 11.9. The molecular formula is C11H15F2NO.